The fourth-order valence-corrected chi connectivity index (χ4v) is 4.15. The number of hydrogen-bond donors (Lipinski definition) is 1. The van der Waals surface area contributed by atoms with E-state index in [9.17, 15) is 4.79 Å². The standard InChI is InChI=1S/C28H28N2O5/c1-16-8-7-11-29-28(16)30-25(31)12-17(2)20-14-22-23(15-35-27(22)18(3)26(20)34-6)21-13-19(32-4)9-10-24(21)33-5/h7-15H,1-6H3,(H,29,30,31)/b17-12+. The largest absolute Gasteiger partial charge is 0.497 e. The zero-order valence-electron chi connectivity index (χ0n) is 20.7. The van der Waals surface area contributed by atoms with Gasteiger partial charge in [-0.25, -0.2) is 4.98 Å². The van der Waals surface area contributed by atoms with Crippen LogP contribution in [0.15, 0.2) is 59.4 Å². The topological polar surface area (TPSA) is 82.8 Å². The van der Waals surface area contributed by atoms with Crippen molar-refractivity contribution < 1.29 is 23.4 Å². The van der Waals surface area contributed by atoms with E-state index < -0.39 is 0 Å². The number of carbonyl (C=O) groups is 1. The highest BCUT2D eigenvalue weighted by molar-refractivity contribution is 6.06. The van der Waals surface area contributed by atoms with Gasteiger partial charge in [0.2, 0.25) is 5.91 Å². The summed E-state index contributed by atoms with van der Waals surface area (Å²) >= 11 is 0. The minimum Gasteiger partial charge on any atom is -0.497 e. The number of rotatable bonds is 7. The van der Waals surface area contributed by atoms with Gasteiger partial charge in [-0.05, 0) is 62.2 Å². The highest BCUT2D eigenvalue weighted by Gasteiger charge is 2.21. The van der Waals surface area contributed by atoms with E-state index in [0.29, 0.717) is 28.6 Å². The summed E-state index contributed by atoms with van der Waals surface area (Å²) in [4.78, 5) is 17.0. The number of furan rings is 1. The van der Waals surface area contributed by atoms with Crippen molar-refractivity contribution in [3.63, 3.8) is 0 Å². The summed E-state index contributed by atoms with van der Waals surface area (Å²) in [5.41, 5.74) is 5.64. The molecule has 7 nitrogen and oxygen atoms in total. The summed E-state index contributed by atoms with van der Waals surface area (Å²) in [5.74, 6) is 2.30. The van der Waals surface area contributed by atoms with E-state index in [-0.39, 0.29) is 5.91 Å². The maximum Gasteiger partial charge on any atom is 0.249 e. The Bertz CT molecular complexity index is 1440. The monoisotopic (exact) mass is 472 g/mol. The van der Waals surface area contributed by atoms with E-state index in [4.69, 9.17) is 18.6 Å². The van der Waals surface area contributed by atoms with Gasteiger partial charge in [-0.15, -0.1) is 0 Å². The lowest BCUT2D eigenvalue weighted by atomic mass is 9.96. The molecule has 4 rings (SSSR count). The Kier molecular flexibility index (Phi) is 6.78. The average Bonchev–Trinajstić information content (AvgIpc) is 3.29. The second-order valence-corrected chi connectivity index (χ2v) is 8.16. The molecule has 2 aromatic heterocycles. The number of nitrogens with one attached hydrogen (secondary N) is 1. The molecule has 0 radical (unpaired) electrons. The fourth-order valence-electron chi connectivity index (χ4n) is 4.15. The van der Waals surface area contributed by atoms with E-state index >= 15 is 0 Å². The van der Waals surface area contributed by atoms with Crippen molar-refractivity contribution in [3.8, 4) is 28.4 Å². The van der Waals surface area contributed by atoms with E-state index in [1.807, 2.05) is 57.2 Å². The van der Waals surface area contributed by atoms with Gasteiger partial charge in [-0.2, -0.15) is 0 Å². The molecule has 2 aromatic carbocycles. The van der Waals surface area contributed by atoms with Crippen LogP contribution in [0.2, 0.25) is 0 Å². The molecule has 2 heterocycles. The molecule has 4 aromatic rings. The number of fused-ring (bicyclic) bond motifs is 1. The molecule has 0 fully saturated rings. The van der Waals surface area contributed by atoms with Crippen LogP contribution >= 0.6 is 0 Å². The van der Waals surface area contributed by atoms with E-state index in [2.05, 4.69) is 10.3 Å². The van der Waals surface area contributed by atoms with Crippen molar-refractivity contribution in [2.45, 2.75) is 20.8 Å². The summed E-state index contributed by atoms with van der Waals surface area (Å²) < 4.78 is 22.7. The molecule has 0 spiro atoms. The van der Waals surface area contributed by atoms with Crippen LogP contribution in [-0.2, 0) is 4.79 Å². The SMILES string of the molecule is COc1ccc(OC)c(-c2coc3c(C)c(OC)c(/C(C)=C/C(=O)Nc4ncccc4C)cc23)c1. The first-order valence-corrected chi connectivity index (χ1v) is 11.1. The van der Waals surface area contributed by atoms with Crippen molar-refractivity contribution in [2.24, 2.45) is 0 Å². The van der Waals surface area contributed by atoms with Crippen molar-refractivity contribution in [1.29, 1.82) is 0 Å². The van der Waals surface area contributed by atoms with Crippen LogP contribution in [0.5, 0.6) is 17.2 Å². The zero-order valence-corrected chi connectivity index (χ0v) is 20.7. The molecule has 0 aliphatic carbocycles. The molecule has 0 aliphatic rings. The summed E-state index contributed by atoms with van der Waals surface area (Å²) in [5, 5.41) is 3.72. The number of carbonyl (C=O) groups excluding carboxylic acids is 1. The smallest absolute Gasteiger partial charge is 0.249 e. The Balaban J connectivity index is 1.82. The molecular weight excluding hydrogens is 444 g/mol. The van der Waals surface area contributed by atoms with Gasteiger partial charge >= 0.3 is 0 Å². The molecule has 7 heteroatoms. The lowest BCUT2D eigenvalue weighted by Crippen LogP contribution is -2.11. The van der Waals surface area contributed by atoms with Gasteiger partial charge in [0.25, 0.3) is 0 Å². The minimum atomic E-state index is -0.272. The predicted octanol–water partition coefficient (Wildman–Crippen LogP) is 6.18. The first-order chi connectivity index (χ1) is 16.9. The molecule has 0 saturated heterocycles. The molecular formula is C28H28N2O5. The fraction of sp³-hybridized carbons (Fsp3) is 0.214. The van der Waals surface area contributed by atoms with Gasteiger partial charge in [0, 0.05) is 39.9 Å². The van der Waals surface area contributed by atoms with Crippen molar-refractivity contribution >= 4 is 28.3 Å². The Labute approximate surface area is 204 Å². The third kappa shape index (κ3) is 4.57. The van der Waals surface area contributed by atoms with Crippen LogP contribution < -0.4 is 19.5 Å². The lowest BCUT2D eigenvalue weighted by molar-refractivity contribution is -0.111. The van der Waals surface area contributed by atoms with E-state index in [1.165, 1.54) is 0 Å². The number of pyridine rings is 1. The molecule has 0 aliphatic heterocycles. The van der Waals surface area contributed by atoms with Crippen LogP contribution in [0.3, 0.4) is 0 Å². The Morgan fingerprint density at radius 2 is 1.83 bits per heavy atom. The Hall–Kier alpha value is -4.26. The summed E-state index contributed by atoms with van der Waals surface area (Å²) in [6, 6.07) is 11.3. The van der Waals surface area contributed by atoms with Gasteiger partial charge in [-0.1, -0.05) is 6.07 Å². The van der Waals surface area contributed by atoms with Crippen LogP contribution in [0.25, 0.3) is 27.7 Å². The number of ether oxygens (including phenoxy) is 3. The molecule has 1 N–H and O–H groups in total. The number of allylic oxidation sites excluding steroid dienone is 1. The predicted molar refractivity (Wildman–Crippen MR) is 137 cm³/mol. The maximum atomic E-state index is 12.8. The second-order valence-electron chi connectivity index (χ2n) is 8.16. The minimum absolute atomic E-state index is 0.272. The highest BCUT2D eigenvalue weighted by Crippen LogP contribution is 2.43. The number of aryl methyl sites for hydroxylation is 2. The molecule has 0 saturated carbocycles. The Morgan fingerprint density at radius 3 is 2.51 bits per heavy atom. The molecule has 180 valence electrons. The number of amides is 1. The van der Waals surface area contributed by atoms with Crippen LogP contribution in [-0.4, -0.2) is 32.2 Å². The number of aromatic nitrogens is 1. The number of anilines is 1. The van der Waals surface area contributed by atoms with Crippen LogP contribution in [0.4, 0.5) is 5.82 Å². The van der Waals surface area contributed by atoms with Crippen LogP contribution in [0, 0.1) is 13.8 Å². The first kappa shape index (κ1) is 23.9. The van der Waals surface area contributed by atoms with Gasteiger partial charge < -0.3 is 23.9 Å². The molecule has 0 bridgehead atoms. The molecule has 1 amide bonds. The number of hydrogen-bond acceptors (Lipinski definition) is 6. The molecule has 0 unspecified atom stereocenters. The normalized spacial score (nSPS) is 11.4. The second kappa shape index (κ2) is 9.93. The first-order valence-electron chi connectivity index (χ1n) is 11.1. The van der Waals surface area contributed by atoms with Gasteiger partial charge in [0.05, 0.1) is 27.6 Å². The third-order valence-electron chi connectivity index (χ3n) is 5.97. The van der Waals surface area contributed by atoms with Crippen LogP contribution in [0.1, 0.15) is 23.6 Å². The summed E-state index contributed by atoms with van der Waals surface area (Å²) in [6.07, 6.45) is 4.89. The van der Waals surface area contributed by atoms with E-state index in [0.717, 1.165) is 38.8 Å². The Morgan fingerprint density at radius 1 is 1.03 bits per heavy atom. The third-order valence-corrected chi connectivity index (χ3v) is 5.97. The highest BCUT2D eigenvalue weighted by atomic mass is 16.5. The number of methoxy groups -OCH3 is 3. The number of nitrogens with zero attached hydrogens (tertiary/aromatic N) is 1. The lowest BCUT2D eigenvalue weighted by Gasteiger charge is -2.14. The van der Waals surface area contributed by atoms with Crippen molar-refractivity contribution in [1.82, 2.24) is 4.98 Å². The zero-order chi connectivity index (χ0) is 25.1. The van der Waals surface area contributed by atoms with E-state index in [1.54, 1.807) is 39.9 Å². The van der Waals surface area contributed by atoms with Gasteiger partial charge in [0.15, 0.2) is 0 Å². The van der Waals surface area contributed by atoms with Crippen molar-refractivity contribution in [3.05, 3.63) is 71.6 Å². The quantitative estimate of drug-likeness (QED) is 0.324. The summed E-state index contributed by atoms with van der Waals surface area (Å²) in [6.45, 7) is 5.71. The van der Waals surface area contributed by atoms with Crippen molar-refractivity contribution in [2.75, 3.05) is 26.6 Å². The van der Waals surface area contributed by atoms with Gasteiger partial charge in [0.1, 0.15) is 28.6 Å². The average molecular weight is 473 g/mol. The molecule has 35 heavy (non-hydrogen) atoms. The molecule has 0 atom stereocenters. The van der Waals surface area contributed by atoms with Gasteiger partial charge in [-0.3, -0.25) is 4.79 Å². The number of benzene rings is 2. The maximum absolute atomic E-state index is 12.8. The summed E-state index contributed by atoms with van der Waals surface area (Å²) in [7, 11) is 4.86.